The van der Waals surface area contributed by atoms with E-state index in [-0.39, 0.29) is 12.1 Å². The quantitative estimate of drug-likeness (QED) is 0.801. The zero-order chi connectivity index (χ0) is 12.2. The van der Waals surface area contributed by atoms with Crippen molar-refractivity contribution in [2.24, 2.45) is 0 Å². The van der Waals surface area contributed by atoms with Crippen molar-refractivity contribution in [2.75, 3.05) is 13.2 Å². The van der Waals surface area contributed by atoms with Gasteiger partial charge in [-0.05, 0) is 30.5 Å². The molecule has 0 aromatic heterocycles. The van der Waals surface area contributed by atoms with Crippen LogP contribution in [0, 0.1) is 0 Å². The Bertz CT molecular complexity index is 318. The summed E-state index contributed by atoms with van der Waals surface area (Å²) in [6.45, 7) is 9.41. The first-order valence-corrected chi connectivity index (χ1v) is 6.00. The number of likely N-dealkylation sites (N-methyl/N-ethyl adjacent to an activating group) is 1. The van der Waals surface area contributed by atoms with Crippen molar-refractivity contribution in [3.63, 3.8) is 0 Å². The number of benzene rings is 1. The summed E-state index contributed by atoms with van der Waals surface area (Å²) in [7, 11) is 0. The summed E-state index contributed by atoms with van der Waals surface area (Å²) < 4.78 is 0. The summed E-state index contributed by atoms with van der Waals surface area (Å²) in [5.74, 6) is 0.550. The second kappa shape index (κ2) is 5.46. The van der Waals surface area contributed by atoms with E-state index in [0.717, 1.165) is 12.1 Å². The van der Waals surface area contributed by atoms with Gasteiger partial charge in [-0.1, -0.05) is 45.0 Å². The molecule has 2 heteroatoms. The van der Waals surface area contributed by atoms with Crippen molar-refractivity contribution < 1.29 is 5.11 Å². The van der Waals surface area contributed by atoms with Crippen LogP contribution in [0.25, 0.3) is 0 Å². The fraction of sp³-hybridized carbons (Fsp3) is 0.571. The highest BCUT2D eigenvalue weighted by Crippen LogP contribution is 2.22. The maximum absolute atomic E-state index is 9.49. The Balaban J connectivity index is 2.94. The lowest BCUT2D eigenvalue weighted by atomic mass is 9.90. The highest BCUT2D eigenvalue weighted by Gasteiger charge is 2.24. The standard InChI is InChI=1S/C14H23NO/c1-5-15-14(4,10-16)13-8-6-12(7-9-13)11(2)3/h6-9,11,15-16H,5,10H2,1-4H3. The van der Waals surface area contributed by atoms with Gasteiger partial charge in [0.2, 0.25) is 0 Å². The van der Waals surface area contributed by atoms with Crippen LogP contribution < -0.4 is 5.32 Å². The first-order chi connectivity index (χ1) is 7.53. The molecule has 0 fully saturated rings. The fourth-order valence-corrected chi connectivity index (χ4v) is 1.88. The minimum Gasteiger partial charge on any atom is -0.394 e. The summed E-state index contributed by atoms with van der Waals surface area (Å²) in [6.07, 6.45) is 0. The molecule has 1 aromatic rings. The van der Waals surface area contributed by atoms with Gasteiger partial charge < -0.3 is 10.4 Å². The van der Waals surface area contributed by atoms with Crippen LogP contribution in [0.3, 0.4) is 0 Å². The Hall–Kier alpha value is -0.860. The lowest BCUT2D eigenvalue weighted by Gasteiger charge is -2.29. The maximum atomic E-state index is 9.49. The van der Waals surface area contributed by atoms with Gasteiger partial charge in [0, 0.05) is 0 Å². The molecule has 1 unspecified atom stereocenters. The first-order valence-electron chi connectivity index (χ1n) is 6.00. The zero-order valence-electron chi connectivity index (χ0n) is 10.7. The van der Waals surface area contributed by atoms with E-state index in [0.29, 0.717) is 5.92 Å². The van der Waals surface area contributed by atoms with Gasteiger partial charge in [-0.25, -0.2) is 0 Å². The third-order valence-electron chi connectivity index (χ3n) is 3.10. The molecular formula is C14H23NO. The molecule has 0 aliphatic rings. The average Bonchev–Trinajstić information content (AvgIpc) is 2.29. The predicted molar refractivity (Wildman–Crippen MR) is 68.6 cm³/mol. The predicted octanol–water partition coefficient (Wildman–Crippen LogP) is 2.63. The Morgan fingerprint density at radius 2 is 1.81 bits per heavy atom. The number of aliphatic hydroxyl groups is 1. The summed E-state index contributed by atoms with van der Waals surface area (Å²) in [5.41, 5.74) is 2.14. The first kappa shape index (κ1) is 13.2. The average molecular weight is 221 g/mol. The van der Waals surface area contributed by atoms with Crippen LogP contribution in [-0.4, -0.2) is 18.3 Å². The van der Waals surface area contributed by atoms with Crippen LogP contribution in [0.1, 0.15) is 44.7 Å². The molecule has 1 atom stereocenters. The lowest BCUT2D eigenvalue weighted by Crippen LogP contribution is -2.42. The van der Waals surface area contributed by atoms with Crippen LogP contribution in [0.15, 0.2) is 24.3 Å². The smallest absolute Gasteiger partial charge is 0.0652 e. The largest absolute Gasteiger partial charge is 0.394 e. The third kappa shape index (κ3) is 2.83. The van der Waals surface area contributed by atoms with Crippen molar-refractivity contribution in [3.05, 3.63) is 35.4 Å². The molecule has 1 rings (SSSR count). The van der Waals surface area contributed by atoms with Gasteiger partial charge in [0.25, 0.3) is 0 Å². The normalized spacial score (nSPS) is 15.1. The fourth-order valence-electron chi connectivity index (χ4n) is 1.88. The molecule has 0 saturated heterocycles. The van der Waals surface area contributed by atoms with Crippen molar-refractivity contribution in [1.82, 2.24) is 5.32 Å². The van der Waals surface area contributed by atoms with Gasteiger partial charge in [-0.15, -0.1) is 0 Å². The van der Waals surface area contributed by atoms with Crippen LogP contribution in [0.5, 0.6) is 0 Å². The second-order valence-electron chi connectivity index (χ2n) is 4.80. The Morgan fingerprint density at radius 1 is 1.25 bits per heavy atom. The molecule has 0 saturated carbocycles. The van der Waals surface area contributed by atoms with Gasteiger partial charge >= 0.3 is 0 Å². The number of aliphatic hydroxyl groups excluding tert-OH is 1. The highest BCUT2D eigenvalue weighted by molar-refractivity contribution is 5.29. The Kier molecular flexibility index (Phi) is 4.51. The number of rotatable bonds is 5. The SMILES string of the molecule is CCNC(C)(CO)c1ccc(C(C)C)cc1. The minimum absolute atomic E-state index is 0.113. The van der Waals surface area contributed by atoms with E-state index in [4.69, 9.17) is 0 Å². The van der Waals surface area contributed by atoms with Gasteiger partial charge in [0.1, 0.15) is 0 Å². The molecule has 16 heavy (non-hydrogen) atoms. The minimum atomic E-state index is -0.329. The van der Waals surface area contributed by atoms with Crippen molar-refractivity contribution in [1.29, 1.82) is 0 Å². The van der Waals surface area contributed by atoms with E-state index in [1.165, 1.54) is 5.56 Å². The topological polar surface area (TPSA) is 32.3 Å². The molecule has 0 amide bonds. The molecule has 1 aromatic carbocycles. The molecular weight excluding hydrogens is 198 g/mol. The van der Waals surface area contributed by atoms with Crippen molar-refractivity contribution >= 4 is 0 Å². The molecule has 2 nitrogen and oxygen atoms in total. The molecule has 2 N–H and O–H groups in total. The van der Waals surface area contributed by atoms with Gasteiger partial charge in [0.05, 0.1) is 12.1 Å². The summed E-state index contributed by atoms with van der Waals surface area (Å²) in [6, 6.07) is 8.50. The van der Waals surface area contributed by atoms with Gasteiger partial charge in [0.15, 0.2) is 0 Å². The molecule has 0 aliphatic carbocycles. The van der Waals surface area contributed by atoms with Gasteiger partial charge in [-0.2, -0.15) is 0 Å². The third-order valence-corrected chi connectivity index (χ3v) is 3.10. The van der Waals surface area contributed by atoms with E-state index in [1.54, 1.807) is 0 Å². The van der Waals surface area contributed by atoms with E-state index in [1.807, 2.05) is 6.92 Å². The van der Waals surface area contributed by atoms with Crippen LogP contribution in [-0.2, 0) is 5.54 Å². The summed E-state index contributed by atoms with van der Waals surface area (Å²) in [5, 5.41) is 12.8. The summed E-state index contributed by atoms with van der Waals surface area (Å²) in [4.78, 5) is 0. The van der Waals surface area contributed by atoms with Crippen LogP contribution in [0.4, 0.5) is 0 Å². The van der Waals surface area contributed by atoms with Crippen molar-refractivity contribution in [2.45, 2.75) is 39.2 Å². The maximum Gasteiger partial charge on any atom is 0.0652 e. The van der Waals surface area contributed by atoms with Crippen LogP contribution >= 0.6 is 0 Å². The van der Waals surface area contributed by atoms with E-state index in [9.17, 15) is 5.11 Å². The molecule has 0 aliphatic heterocycles. The second-order valence-corrected chi connectivity index (χ2v) is 4.80. The lowest BCUT2D eigenvalue weighted by molar-refractivity contribution is 0.177. The van der Waals surface area contributed by atoms with Gasteiger partial charge in [-0.3, -0.25) is 0 Å². The monoisotopic (exact) mass is 221 g/mol. The summed E-state index contributed by atoms with van der Waals surface area (Å²) >= 11 is 0. The Morgan fingerprint density at radius 3 is 2.19 bits per heavy atom. The number of nitrogens with one attached hydrogen (secondary N) is 1. The van der Waals surface area contributed by atoms with E-state index in [2.05, 4.69) is 50.4 Å². The highest BCUT2D eigenvalue weighted by atomic mass is 16.3. The number of hydrogen-bond donors (Lipinski definition) is 2. The Labute approximate surface area is 98.7 Å². The molecule has 0 heterocycles. The van der Waals surface area contributed by atoms with E-state index >= 15 is 0 Å². The molecule has 0 bridgehead atoms. The number of hydrogen-bond acceptors (Lipinski definition) is 2. The molecule has 0 radical (unpaired) electrons. The van der Waals surface area contributed by atoms with Crippen molar-refractivity contribution in [3.8, 4) is 0 Å². The molecule has 90 valence electrons. The molecule has 0 spiro atoms. The zero-order valence-corrected chi connectivity index (χ0v) is 10.7. The van der Waals surface area contributed by atoms with E-state index < -0.39 is 0 Å². The van der Waals surface area contributed by atoms with Crippen LogP contribution in [0.2, 0.25) is 0 Å².